The highest BCUT2D eigenvalue weighted by Crippen LogP contribution is 1.72. The standard InChI is InChI=1S/C4H9N.2C2H6/c1-3-4(2)5;2*1-2/h5H,3H2,1-2H3;2*1-2H3. The largest absolute Gasteiger partial charge is 0.310 e. The zero-order valence-corrected chi connectivity index (χ0v) is 7.71. The molecule has 0 heterocycles. The first kappa shape index (κ1) is 15.9. The highest BCUT2D eigenvalue weighted by molar-refractivity contribution is 5.77. The highest BCUT2D eigenvalue weighted by Gasteiger charge is 1.70. The van der Waals surface area contributed by atoms with Gasteiger partial charge >= 0.3 is 0 Å². The van der Waals surface area contributed by atoms with E-state index in [0.29, 0.717) is 0 Å². The second-order valence-corrected chi connectivity index (χ2v) is 1.13. The van der Waals surface area contributed by atoms with E-state index in [2.05, 4.69) is 0 Å². The molecule has 0 aromatic carbocycles. The quantitative estimate of drug-likeness (QED) is 0.527. The van der Waals surface area contributed by atoms with Gasteiger partial charge in [0.2, 0.25) is 0 Å². The minimum Gasteiger partial charge on any atom is -0.310 e. The minimum absolute atomic E-state index is 0.755. The molecule has 58 valence electrons. The van der Waals surface area contributed by atoms with Crippen LogP contribution in [0.2, 0.25) is 0 Å². The maximum Gasteiger partial charge on any atom is 0.00554 e. The lowest BCUT2D eigenvalue weighted by Crippen LogP contribution is -1.78. The Morgan fingerprint density at radius 1 is 1.11 bits per heavy atom. The van der Waals surface area contributed by atoms with Crippen molar-refractivity contribution in [2.75, 3.05) is 0 Å². The normalized spacial score (nSPS) is 5.56. The Bertz CT molecular complexity index is 39.8. The summed E-state index contributed by atoms with van der Waals surface area (Å²) in [6.07, 6.45) is 0.889. The van der Waals surface area contributed by atoms with E-state index >= 15 is 0 Å². The van der Waals surface area contributed by atoms with Crippen molar-refractivity contribution < 1.29 is 0 Å². The van der Waals surface area contributed by atoms with Gasteiger partial charge in [-0.3, -0.25) is 0 Å². The van der Waals surface area contributed by atoms with Crippen LogP contribution in [0.5, 0.6) is 0 Å². The van der Waals surface area contributed by atoms with Gasteiger partial charge in [-0.25, -0.2) is 0 Å². The van der Waals surface area contributed by atoms with Gasteiger partial charge in [0, 0.05) is 5.71 Å². The van der Waals surface area contributed by atoms with Gasteiger partial charge < -0.3 is 5.41 Å². The molecule has 0 rings (SSSR count). The first-order chi connectivity index (χ1) is 4.27. The number of hydrogen-bond acceptors (Lipinski definition) is 1. The molecule has 0 spiro atoms. The molecule has 0 atom stereocenters. The molecule has 0 saturated carbocycles. The van der Waals surface area contributed by atoms with Crippen LogP contribution in [0.25, 0.3) is 0 Å². The third kappa shape index (κ3) is 88.4. The summed E-state index contributed by atoms with van der Waals surface area (Å²) in [6.45, 7) is 11.8. The average molecular weight is 131 g/mol. The van der Waals surface area contributed by atoms with Gasteiger partial charge in [0.25, 0.3) is 0 Å². The molecule has 0 radical (unpaired) electrons. The fourth-order valence-electron chi connectivity index (χ4n) is 0. The molecule has 0 amide bonds. The molecule has 0 aromatic rings. The molecule has 0 unspecified atom stereocenters. The molecule has 0 fully saturated rings. The summed E-state index contributed by atoms with van der Waals surface area (Å²) in [7, 11) is 0. The Labute approximate surface area is 60.0 Å². The van der Waals surface area contributed by atoms with Crippen LogP contribution in [0.15, 0.2) is 0 Å². The molecular weight excluding hydrogens is 110 g/mol. The third-order valence-electron chi connectivity index (χ3n) is 0.530. The zero-order valence-electron chi connectivity index (χ0n) is 7.71. The van der Waals surface area contributed by atoms with E-state index in [1.54, 1.807) is 6.92 Å². The smallest absolute Gasteiger partial charge is 0.00554 e. The molecule has 0 aliphatic carbocycles. The summed E-state index contributed by atoms with van der Waals surface area (Å²) < 4.78 is 0. The Morgan fingerprint density at radius 3 is 1.22 bits per heavy atom. The van der Waals surface area contributed by atoms with E-state index in [9.17, 15) is 0 Å². The van der Waals surface area contributed by atoms with E-state index in [1.165, 1.54) is 0 Å². The van der Waals surface area contributed by atoms with E-state index in [0.717, 1.165) is 12.1 Å². The minimum atomic E-state index is 0.755. The van der Waals surface area contributed by atoms with Crippen molar-refractivity contribution in [2.45, 2.75) is 48.0 Å². The molecule has 0 bridgehead atoms. The molecule has 0 aliphatic rings. The lowest BCUT2D eigenvalue weighted by molar-refractivity contribution is 1.23. The van der Waals surface area contributed by atoms with Crippen LogP contribution >= 0.6 is 0 Å². The summed E-state index contributed by atoms with van der Waals surface area (Å²) in [6, 6.07) is 0. The molecule has 0 aromatic heterocycles. The fraction of sp³-hybridized carbons (Fsp3) is 0.875. The summed E-state index contributed by atoms with van der Waals surface area (Å²) in [5, 5.41) is 6.74. The predicted octanol–water partition coefficient (Wildman–Crippen LogP) is 3.49. The van der Waals surface area contributed by atoms with Gasteiger partial charge in [0.15, 0.2) is 0 Å². The zero-order chi connectivity index (χ0) is 8.28. The Kier molecular flexibility index (Phi) is 44.7. The van der Waals surface area contributed by atoms with Crippen molar-refractivity contribution in [2.24, 2.45) is 0 Å². The first-order valence-corrected chi connectivity index (χ1v) is 3.81. The second kappa shape index (κ2) is 25.3. The highest BCUT2D eigenvalue weighted by atomic mass is 14.4. The monoisotopic (exact) mass is 131 g/mol. The molecule has 0 aliphatic heterocycles. The number of nitrogens with one attached hydrogen (secondary N) is 1. The summed E-state index contributed by atoms with van der Waals surface area (Å²) in [5.41, 5.74) is 0.755. The lowest BCUT2D eigenvalue weighted by Gasteiger charge is -1.77. The lowest BCUT2D eigenvalue weighted by atomic mass is 10.3. The Balaban J connectivity index is -0.0000000771. The van der Waals surface area contributed by atoms with Crippen molar-refractivity contribution >= 4 is 5.71 Å². The van der Waals surface area contributed by atoms with Crippen molar-refractivity contribution in [3.05, 3.63) is 0 Å². The van der Waals surface area contributed by atoms with E-state index in [4.69, 9.17) is 5.41 Å². The third-order valence-corrected chi connectivity index (χ3v) is 0.530. The number of hydrogen-bond donors (Lipinski definition) is 1. The van der Waals surface area contributed by atoms with Crippen LogP contribution in [0.1, 0.15) is 48.0 Å². The molecule has 1 nitrogen and oxygen atoms in total. The van der Waals surface area contributed by atoms with Gasteiger partial charge in [-0.05, 0) is 13.3 Å². The van der Waals surface area contributed by atoms with Crippen molar-refractivity contribution in [1.29, 1.82) is 5.41 Å². The molecule has 9 heavy (non-hydrogen) atoms. The van der Waals surface area contributed by atoms with Crippen LogP contribution in [0.4, 0.5) is 0 Å². The van der Waals surface area contributed by atoms with Crippen LogP contribution in [0.3, 0.4) is 0 Å². The van der Waals surface area contributed by atoms with Crippen LogP contribution in [-0.4, -0.2) is 5.71 Å². The first-order valence-electron chi connectivity index (χ1n) is 3.81. The summed E-state index contributed by atoms with van der Waals surface area (Å²) in [4.78, 5) is 0. The van der Waals surface area contributed by atoms with Crippen LogP contribution in [0, 0.1) is 5.41 Å². The Morgan fingerprint density at radius 2 is 1.22 bits per heavy atom. The fourth-order valence-corrected chi connectivity index (χ4v) is 0. The van der Waals surface area contributed by atoms with Crippen molar-refractivity contribution in [3.63, 3.8) is 0 Å². The maximum atomic E-state index is 6.74. The summed E-state index contributed by atoms with van der Waals surface area (Å²) >= 11 is 0. The van der Waals surface area contributed by atoms with E-state index in [-0.39, 0.29) is 0 Å². The topological polar surface area (TPSA) is 23.9 Å². The van der Waals surface area contributed by atoms with Crippen molar-refractivity contribution in [3.8, 4) is 0 Å². The molecule has 1 N–H and O–H groups in total. The van der Waals surface area contributed by atoms with Gasteiger partial charge in [-0.15, -0.1) is 0 Å². The Hall–Kier alpha value is -0.330. The van der Waals surface area contributed by atoms with Crippen LogP contribution < -0.4 is 0 Å². The molecular formula is C8H21N. The van der Waals surface area contributed by atoms with E-state index in [1.807, 2.05) is 34.6 Å². The van der Waals surface area contributed by atoms with E-state index < -0.39 is 0 Å². The van der Waals surface area contributed by atoms with Gasteiger partial charge in [0.05, 0.1) is 0 Å². The second-order valence-electron chi connectivity index (χ2n) is 1.13. The van der Waals surface area contributed by atoms with Gasteiger partial charge in [-0.1, -0.05) is 34.6 Å². The van der Waals surface area contributed by atoms with Gasteiger partial charge in [0.1, 0.15) is 0 Å². The van der Waals surface area contributed by atoms with Crippen molar-refractivity contribution in [1.82, 2.24) is 0 Å². The predicted molar refractivity (Wildman–Crippen MR) is 46.4 cm³/mol. The molecule has 1 heteroatoms. The van der Waals surface area contributed by atoms with Gasteiger partial charge in [-0.2, -0.15) is 0 Å². The summed E-state index contributed by atoms with van der Waals surface area (Å²) in [5.74, 6) is 0. The average Bonchev–Trinajstić information content (AvgIpc) is 1.97. The molecule has 0 saturated heterocycles. The van der Waals surface area contributed by atoms with Crippen LogP contribution in [-0.2, 0) is 0 Å². The number of rotatable bonds is 1. The SMILES string of the molecule is CC.CC.CCC(C)=N. The maximum absolute atomic E-state index is 6.74.